The lowest BCUT2D eigenvalue weighted by Gasteiger charge is -2.28. The fraction of sp³-hybridized carbons (Fsp3) is 0.667. The second-order valence-corrected chi connectivity index (χ2v) is 5.50. The Kier molecular flexibility index (Phi) is 4.75. The molecule has 106 valence electrons. The number of halogens is 1. The molecular formula is C15H24FN3. The largest absolute Gasteiger partial charge is 0.356 e. The minimum atomic E-state index is -0.260. The average Bonchev–Trinajstić information content (AvgIpc) is 3.22. The molecule has 0 amide bonds. The molecule has 0 aromatic carbocycles. The van der Waals surface area contributed by atoms with Crippen LogP contribution in [0.15, 0.2) is 12.3 Å². The second-order valence-electron chi connectivity index (χ2n) is 5.50. The zero-order valence-corrected chi connectivity index (χ0v) is 12.1. The van der Waals surface area contributed by atoms with Gasteiger partial charge in [0.25, 0.3) is 0 Å². The monoisotopic (exact) mass is 265 g/mol. The average molecular weight is 265 g/mol. The summed E-state index contributed by atoms with van der Waals surface area (Å²) in [4.78, 5) is 6.49. The van der Waals surface area contributed by atoms with E-state index in [0.29, 0.717) is 12.6 Å². The predicted octanol–water partition coefficient (Wildman–Crippen LogP) is 2.96. The fourth-order valence-corrected chi connectivity index (χ4v) is 2.41. The van der Waals surface area contributed by atoms with Crippen LogP contribution in [0.5, 0.6) is 0 Å². The number of aromatic nitrogens is 1. The van der Waals surface area contributed by atoms with Crippen molar-refractivity contribution in [3.8, 4) is 0 Å². The third-order valence-electron chi connectivity index (χ3n) is 3.90. The van der Waals surface area contributed by atoms with E-state index in [0.717, 1.165) is 30.3 Å². The maximum atomic E-state index is 13.4. The van der Waals surface area contributed by atoms with Gasteiger partial charge in [0, 0.05) is 25.2 Å². The van der Waals surface area contributed by atoms with Crippen molar-refractivity contribution in [2.45, 2.75) is 45.7 Å². The summed E-state index contributed by atoms with van der Waals surface area (Å²) in [7, 11) is 2.06. The van der Waals surface area contributed by atoms with Gasteiger partial charge in [-0.2, -0.15) is 0 Å². The van der Waals surface area contributed by atoms with Gasteiger partial charge < -0.3 is 10.2 Å². The minimum Gasteiger partial charge on any atom is -0.356 e. The Labute approximate surface area is 115 Å². The van der Waals surface area contributed by atoms with Gasteiger partial charge in [0.05, 0.1) is 6.20 Å². The van der Waals surface area contributed by atoms with Gasteiger partial charge in [-0.05, 0) is 44.7 Å². The van der Waals surface area contributed by atoms with Crippen LogP contribution in [0.3, 0.4) is 0 Å². The maximum absolute atomic E-state index is 13.4. The summed E-state index contributed by atoms with van der Waals surface area (Å²) in [5.74, 6) is 1.42. The molecule has 1 aromatic heterocycles. The second kappa shape index (κ2) is 6.33. The van der Waals surface area contributed by atoms with Crippen LogP contribution in [-0.2, 0) is 6.54 Å². The van der Waals surface area contributed by atoms with Crippen LogP contribution in [0.4, 0.5) is 10.2 Å². The van der Waals surface area contributed by atoms with E-state index >= 15 is 0 Å². The number of hydrogen-bond donors (Lipinski definition) is 1. The number of nitrogens with zero attached hydrogens (tertiary/aromatic N) is 2. The summed E-state index contributed by atoms with van der Waals surface area (Å²) in [6.45, 7) is 5.97. The van der Waals surface area contributed by atoms with Crippen molar-refractivity contribution in [1.29, 1.82) is 0 Å². The van der Waals surface area contributed by atoms with Crippen LogP contribution < -0.4 is 10.2 Å². The molecule has 2 rings (SSSR count). The number of pyridine rings is 1. The van der Waals surface area contributed by atoms with E-state index in [1.165, 1.54) is 19.0 Å². The van der Waals surface area contributed by atoms with E-state index in [9.17, 15) is 4.39 Å². The molecule has 1 aliphatic carbocycles. The number of rotatable bonds is 7. The molecule has 0 bridgehead atoms. The highest BCUT2D eigenvalue weighted by Gasteiger charge is 2.31. The Hall–Kier alpha value is -1.16. The highest BCUT2D eigenvalue weighted by molar-refractivity contribution is 5.47. The summed E-state index contributed by atoms with van der Waals surface area (Å²) < 4.78 is 13.4. The highest BCUT2D eigenvalue weighted by atomic mass is 19.1. The fourth-order valence-electron chi connectivity index (χ4n) is 2.41. The molecule has 3 nitrogen and oxygen atoms in total. The van der Waals surface area contributed by atoms with Crippen LogP contribution in [0.1, 0.15) is 38.7 Å². The molecule has 0 aliphatic heterocycles. The van der Waals surface area contributed by atoms with Crippen LogP contribution in [-0.4, -0.2) is 24.6 Å². The minimum absolute atomic E-state index is 0.260. The van der Waals surface area contributed by atoms with Crippen molar-refractivity contribution in [3.63, 3.8) is 0 Å². The van der Waals surface area contributed by atoms with Crippen molar-refractivity contribution in [1.82, 2.24) is 10.3 Å². The molecule has 1 aliphatic rings. The molecular weight excluding hydrogens is 241 g/mol. The molecule has 0 spiro atoms. The van der Waals surface area contributed by atoms with Crippen LogP contribution in [0, 0.1) is 11.7 Å². The summed E-state index contributed by atoms with van der Waals surface area (Å²) in [6, 6.07) is 2.07. The molecule has 1 aromatic rings. The number of hydrogen-bond acceptors (Lipinski definition) is 3. The van der Waals surface area contributed by atoms with Crippen molar-refractivity contribution in [2.75, 3.05) is 18.5 Å². The first-order valence-electron chi connectivity index (χ1n) is 7.21. The van der Waals surface area contributed by atoms with Gasteiger partial charge in [-0.3, -0.25) is 0 Å². The SMILES string of the molecule is CCCNCc1cc(F)cnc1N(C)C(C)C1CC1. The van der Waals surface area contributed by atoms with E-state index in [1.54, 1.807) is 6.07 Å². The van der Waals surface area contributed by atoms with Crippen LogP contribution in [0.2, 0.25) is 0 Å². The summed E-state index contributed by atoms with van der Waals surface area (Å²) in [6.07, 6.45) is 4.99. The van der Waals surface area contributed by atoms with Gasteiger partial charge in [0.2, 0.25) is 0 Å². The van der Waals surface area contributed by atoms with E-state index in [-0.39, 0.29) is 5.82 Å². The summed E-state index contributed by atoms with van der Waals surface area (Å²) in [5, 5.41) is 3.32. The smallest absolute Gasteiger partial charge is 0.141 e. The van der Waals surface area contributed by atoms with Crippen molar-refractivity contribution in [3.05, 3.63) is 23.6 Å². The molecule has 1 N–H and O–H groups in total. The third kappa shape index (κ3) is 3.66. The lowest BCUT2D eigenvalue weighted by Crippen LogP contribution is -2.32. The van der Waals surface area contributed by atoms with E-state index in [4.69, 9.17) is 0 Å². The van der Waals surface area contributed by atoms with Crippen molar-refractivity contribution < 1.29 is 4.39 Å². The quantitative estimate of drug-likeness (QED) is 0.768. The van der Waals surface area contributed by atoms with Crippen molar-refractivity contribution >= 4 is 5.82 Å². The van der Waals surface area contributed by atoms with E-state index in [1.807, 2.05) is 0 Å². The van der Waals surface area contributed by atoms with Crippen LogP contribution in [0.25, 0.3) is 0 Å². The van der Waals surface area contributed by atoms with Crippen LogP contribution >= 0.6 is 0 Å². The molecule has 0 radical (unpaired) electrons. The van der Waals surface area contributed by atoms with E-state index < -0.39 is 0 Å². The predicted molar refractivity (Wildman–Crippen MR) is 76.8 cm³/mol. The number of nitrogens with one attached hydrogen (secondary N) is 1. The molecule has 19 heavy (non-hydrogen) atoms. The number of anilines is 1. The Bertz CT molecular complexity index is 418. The highest BCUT2D eigenvalue weighted by Crippen LogP contribution is 2.36. The van der Waals surface area contributed by atoms with Gasteiger partial charge in [-0.15, -0.1) is 0 Å². The first kappa shape index (κ1) is 14.3. The molecule has 1 saturated carbocycles. The molecule has 4 heteroatoms. The zero-order valence-electron chi connectivity index (χ0n) is 12.1. The molecule has 1 fully saturated rings. The maximum Gasteiger partial charge on any atom is 0.141 e. The van der Waals surface area contributed by atoms with Gasteiger partial charge in [0.15, 0.2) is 0 Å². The standard InChI is InChI=1S/C15H24FN3/c1-4-7-17-9-13-8-14(16)10-18-15(13)19(3)11(2)12-5-6-12/h8,10-12,17H,4-7,9H2,1-3H3. The third-order valence-corrected chi connectivity index (χ3v) is 3.90. The van der Waals surface area contributed by atoms with Gasteiger partial charge in [-0.25, -0.2) is 9.37 Å². The first-order chi connectivity index (χ1) is 9.13. The molecule has 0 saturated heterocycles. The lowest BCUT2D eigenvalue weighted by molar-refractivity contribution is 0.585. The Morgan fingerprint density at radius 3 is 2.89 bits per heavy atom. The summed E-state index contributed by atoms with van der Waals surface area (Å²) >= 11 is 0. The Balaban J connectivity index is 2.12. The van der Waals surface area contributed by atoms with Gasteiger partial charge in [-0.1, -0.05) is 6.92 Å². The lowest BCUT2D eigenvalue weighted by atomic mass is 10.1. The van der Waals surface area contributed by atoms with Gasteiger partial charge in [0.1, 0.15) is 11.6 Å². The molecule has 1 heterocycles. The molecule has 1 unspecified atom stereocenters. The van der Waals surface area contributed by atoms with Gasteiger partial charge >= 0.3 is 0 Å². The topological polar surface area (TPSA) is 28.2 Å². The Morgan fingerprint density at radius 2 is 2.26 bits per heavy atom. The first-order valence-corrected chi connectivity index (χ1v) is 7.21. The zero-order chi connectivity index (χ0) is 13.8. The normalized spacial score (nSPS) is 16.4. The van der Waals surface area contributed by atoms with E-state index in [2.05, 4.69) is 36.1 Å². The van der Waals surface area contributed by atoms with Crippen molar-refractivity contribution in [2.24, 2.45) is 5.92 Å². The summed E-state index contributed by atoms with van der Waals surface area (Å²) in [5.41, 5.74) is 0.948. The Morgan fingerprint density at radius 1 is 1.53 bits per heavy atom. The molecule has 1 atom stereocenters.